The van der Waals surface area contributed by atoms with Crippen molar-refractivity contribution < 1.29 is 0 Å². The summed E-state index contributed by atoms with van der Waals surface area (Å²) in [5.74, 6) is 1.28. The molecule has 1 aliphatic carbocycles. The number of fused-ring (bicyclic) bond motifs is 1. The summed E-state index contributed by atoms with van der Waals surface area (Å²) in [4.78, 5) is 12.0. The molecule has 1 fully saturated rings. The summed E-state index contributed by atoms with van der Waals surface area (Å²) >= 11 is 0. The summed E-state index contributed by atoms with van der Waals surface area (Å²) in [7, 11) is 0. The average Bonchev–Trinajstić information content (AvgIpc) is 3.31. The van der Waals surface area contributed by atoms with Crippen molar-refractivity contribution in [3.05, 3.63) is 30.9 Å². The number of rotatable bonds is 4. The molecule has 0 saturated heterocycles. The Morgan fingerprint density at radius 2 is 2.22 bits per heavy atom. The van der Waals surface area contributed by atoms with Crippen LogP contribution in [0.4, 0.5) is 0 Å². The summed E-state index contributed by atoms with van der Waals surface area (Å²) in [6, 6.07) is 4.12. The first-order chi connectivity index (χ1) is 11.3. The van der Waals surface area contributed by atoms with Gasteiger partial charge in [0, 0.05) is 24.0 Å². The molecule has 3 aromatic rings. The molecule has 116 valence electrons. The van der Waals surface area contributed by atoms with Crippen molar-refractivity contribution in [3.63, 3.8) is 0 Å². The van der Waals surface area contributed by atoms with Gasteiger partial charge in [-0.05, 0) is 18.4 Å². The summed E-state index contributed by atoms with van der Waals surface area (Å²) in [6.45, 7) is 0. The first-order valence-corrected chi connectivity index (χ1v) is 8.08. The summed E-state index contributed by atoms with van der Waals surface area (Å²) in [6.07, 6.45) is 13.2. The second-order valence-corrected chi connectivity index (χ2v) is 6.22. The van der Waals surface area contributed by atoms with Crippen LogP contribution in [-0.2, 0) is 0 Å². The Morgan fingerprint density at radius 1 is 1.35 bits per heavy atom. The highest BCUT2D eigenvalue weighted by Gasteiger charge is 2.22. The number of aromatic amines is 1. The largest absolute Gasteiger partial charge is 0.346 e. The first kappa shape index (κ1) is 13.9. The van der Waals surface area contributed by atoms with Crippen LogP contribution in [0.2, 0.25) is 0 Å². The molecule has 23 heavy (non-hydrogen) atoms. The van der Waals surface area contributed by atoms with Gasteiger partial charge in [0.1, 0.15) is 11.7 Å². The van der Waals surface area contributed by atoms with Crippen LogP contribution in [0, 0.1) is 17.2 Å². The van der Waals surface area contributed by atoms with E-state index < -0.39 is 0 Å². The van der Waals surface area contributed by atoms with E-state index in [-0.39, 0.29) is 6.04 Å². The summed E-state index contributed by atoms with van der Waals surface area (Å²) < 4.78 is 1.76. The molecule has 4 rings (SSSR count). The molecule has 1 N–H and O–H groups in total. The third kappa shape index (κ3) is 2.70. The van der Waals surface area contributed by atoms with Crippen LogP contribution >= 0.6 is 0 Å². The monoisotopic (exact) mass is 306 g/mol. The number of hydrogen-bond donors (Lipinski definition) is 1. The highest BCUT2D eigenvalue weighted by molar-refractivity contribution is 5.76. The van der Waals surface area contributed by atoms with Crippen LogP contribution < -0.4 is 0 Å². The fraction of sp³-hybridized carbons (Fsp3) is 0.412. The van der Waals surface area contributed by atoms with Crippen LogP contribution in [0.1, 0.15) is 38.1 Å². The van der Waals surface area contributed by atoms with E-state index >= 15 is 0 Å². The van der Waals surface area contributed by atoms with Gasteiger partial charge in [-0.1, -0.05) is 25.7 Å². The molecule has 0 radical (unpaired) electrons. The molecule has 3 aromatic heterocycles. The minimum Gasteiger partial charge on any atom is -0.346 e. The Labute approximate surface area is 134 Å². The molecule has 1 unspecified atom stereocenters. The topological polar surface area (TPSA) is 83.2 Å². The van der Waals surface area contributed by atoms with Gasteiger partial charge in [-0.25, -0.2) is 9.97 Å². The van der Waals surface area contributed by atoms with Gasteiger partial charge in [-0.15, -0.1) is 0 Å². The molecule has 1 aliphatic rings. The van der Waals surface area contributed by atoms with Crippen molar-refractivity contribution in [2.45, 2.75) is 38.1 Å². The lowest BCUT2D eigenvalue weighted by molar-refractivity contribution is 0.402. The minimum absolute atomic E-state index is 0.207. The molecule has 0 amide bonds. The number of nitriles is 1. The molecule has 1 saturated carbocycles. The van der Waals surface area contributed by atoms with Gasteiger partial charge in [-0.3, -0.25) is 4.68 Å². The van der Waals surface area contributed by atoms with E-state index in [1.54, 1.807) is 17.1 Å². The summed E-state index contributed by atoms with van der Waals surface area (Å²) in [5, 5.41) is 14.8. The molecule has 6 heteroatoms. The van der Waals surface area contributed by atoms with Gasteiger partial charge in [0.05, 0.1) is 17.8 Å². The van der Waals surface area contributed by atoms with E-state index in [9.17, 15) is 5.26 Å². The lowest BCUT2D eigenvalue weighted by Gasteiger charge is -2.14. The number of nitrogens with one attached hydrogen (secondary N) is 1. The molecule has 1 atom stereocenters. The zero-order valence-electron chi connectivity index (χ0n) is 12.8. The zero-order valence-corrected chi connectivity index (χ0v) is 12.8. The van der Waals surface area contributed by atoms with Crippen molar-refractivity contribution in [1.82, 2.24) is 24.7 Å². The Morgan fingerprint density at radius 3 is 3.04 bits per heavy atom. The second kappa shape index (κ2) is 5.84. The van der Waals surface area contributed by atoms with Crippen molar-refractivity contribution >= 4 is 11.0 Å². The standard InChI is InChI=1S/C17H18N6/c18-8-15(7-12-3-1-2-4-12)23-11-14(10-21-23)17-20-9-13-5-6-19-16(13)22-17/h5-6,9-12,15H,1-4,7H2,(H,19,20,22). The van der Waals surface area contributed by atoms with Crippen LogP contribution in [0.5, 0.6) is 0 Å². The van der Waals surface area contributed by atoms with Crippen molar-refractivity contribution in [1.29, 1.82) is 5.26 Å². The van der Waals surface area contributed by atoms with E-state index in [4.69, 9.17) is 0 Å². The van der Waals surface area contributed by atoms with Gasteiger partial charge in [0.15, 0.2) is 5.82 Å². The molecule has 3 heterocycles. The first-order valence-electron chi connectivity index (χ1n) is 8.08. The minimum atomic E-state index is -0.207. The molecule has 0 bridgehead atoms. The van der Waals surface area contributed by atoms with Crippen molar-refractivity contribution in [3.8, 4) is 17.5 Å². The van der Waals surface area contributed by atoms with Crippen molar-refractivity contribution in [2.24, 2.45) is 5.92 Å². The average molecular weight is 306 g/mol. The zero-order chi connectivity index (χ0) is 15.6. The lowest BCUT2D eigenvalue weighted by Crippen LogP contribution is -2.11. The Balaban J connectivity index is 1.58. The third-order valence-corrected chi connectivity index (χ3v) is 4.66. The fourth-order valence-corrected chi connectivity index (χ4v) is 3.38. The van der Waals surface area contributed by atoms with Gasteiger partial charge in [-0.2, -0.15) is 10.4 Å². The smallest absolute Gasteiger partial charge is 0.164 e. The molecule has 0 aliphatic heterocycles. The summed E-state index contributed by atoms with van der Waals surface area (Å²) in [5.41, 5.74) is 1.65. The van der Waals surface area contributed by atoms with Crippen LogP contribution in [0.15, 0.2) is 30.9 Å². The van der Waals surface area contributed by atoms with Gasteiger partial charge < -0.3 is 4.98 Å². The predicted octanol–water partition coefficient (Wildman–Crippen LogP) is 3.47. The molecule has 6 nitrogen and oxygen atoms in total. The van der Waals surface area contributed by atoms with Crippen LogP contribution in [0.25, 0.3) is 22.4 Å². The van der Waals surface area contributed by atoms with Crippen LogP contribution in [-0.4, -0.2) is 24.7 Å². The van der Waals surface area contributed by atoms with E-state index in [1.165, 1.54) is 25.7 Å². The lowest BCUT2D eigenvalue weighted by atomic mass is 9.99. The number of H-pyrrole nitrogens is 1. The van der Waals surface area contributed by atoms with Gasteiger partial charge >= 0.3 is 0 Å². The Kier molecular flexibility index (Phi) is 3.54. The predicted molar refractivity (Wildman–Crippen MR) is 86.3 cm³/mol. The third-order valence-electron chi connectivity index (χ3n) is 4.66. The van der Waals surface area contributed by atoms with E-state index in [0.29, 0.717) is 11.7 Å². The maximum atomic E-state index is 9.49. The number of aromatic nitrogens is 5. The Hall–Kier alpha value is -2.68. The molecule has 0 aromatic carbocycles. The highest BCUT2D eigenvalue weighted by Crippen LogP contribution is 2.32. The van der Waals surface area contributed by atoms with E-state index in [1.807, 2.05) is 18.5 Å². The number of hydrogen-bond acceptors (Lipinski definition) is 4. The fourth-order valence-electron chi connectivity index (χ4n) is 3.38. The molecule has 0 spiro atoms. The molecular formula is C17H18N6. The van der Waals surface area contributed by atoms with Gasteiger partial charge in [0.25, 0.3) is 0 Å². The van der Waals surface area contributed by atoms with Crippen LogP contribution in [0.3, 0.4) is 0 Å². The quantitative estimate of drug-likeness (QED) is 0.800. The van der Waals surface area contributed by atoms with Crippen molar-refractivity contribution in [2.75, 3.05) is 0 Å². The number of nitrogens with zero attached hydrogens (tertiary/aromatic N) is 5. The SMILES string of the molecule is N#CC(CC1CCCC1)n1cc(-c2ncc3cc[nH]c3n2)cn1. The molecular weight excluding hydrogens is 288 g/mol. The van der Waals surface area contributed by atoms with Gasteiger partial charge in [0.2, 0.25) is 0 Å². The highest BCUT2D eigenvalue weighted by atomic mass is 15.3. The normalized spacial score (nSPS) is 16.7. The van der Waals surface area contributed by atoms with E-state index in [2.05, 4.69) is 26.1 Å². The maximum absolute atomic E-state index is 9.49. The Bertz CT molecular complexity index is 849. The maximum Gasteiger partial charge on any atom is 0.164 e. The second-order valence-electron chi connectivity index (χ2n) is 6.22. The van der Waals surface area contributed by atoms with E-state index in [0.717, 1.165) is 23.0 Å².